The van der Waals surface area contributed by atoms with Crippen molar-refractivity contribution in [3.05, 3.63) is 72.6 Å². The number of nitrogens with one attached hydrogen (secondary N) is 1. The lowest BCUT2D eigenvalue weighted by atomic mass is 9.93. The van der Waals surface area contributed by atoms with Gasteiger partial charge in [0.25, 0.3) is 0 Å². The molecule has 1 aliphatic carbocycles. The van der Waals surface area contributed by atoms with Crippen molar-refractivity contribution in [2.45, 2.75) is 38.6 Å². The lowest BCUT2D eigenvalue weighted by Crippen LogP contribution is -2.28. The highest BCUT2D eigenvalue weighted by Gasteiger charge is 2.40. The summed E-state index contributed by atoms with van der Waals surface area (Å²) in [7, 11) is 0. The third-order valence-corrected chi connectivity index (χ3v) is 7.18. The van der Waals surface area contributed by atoms with E-state index in [1.165, 1.54) is 12.8 Å². The summed E-state index contributed by atoms with van der Waals surface area (Å²) in [4.78, 5) is 11.8. The smallest absolute Gasteiger partial charge is 0.149 e. The highest BCUT2D eigenvalue weighted by molar-refractivity contribution is 5.82. The van der Waals surface area contributed by atoms with Crippen molar-refractivity contribution in [2.75, 3.05) is 18.0 Å². The second-order valence-corrected chi connectivity index (χ2v) is 9.67. The molecular weight excluding hydrogens is 427 g/mol. The normalized spacial score (nSPS) is 20.5. The molecule has 0 spiro atoms. The van der Waals surface area contributed by atoms with Gasteiger partial charge in [0.05, 0.1) is 16.9 Å². The number of hydrogen-bond donors (Lipinski definition) is 1. The molecule has 1 aliphatic heterocycles. The van der Waals surface area contributed by atoms with Gasteiger partial charge in [0.15, 0.2) is 0 Å². The molecule has 1 N–H and O–H groups in total. The zero-order valence-electron chi connectivity index (χ0n) is 19.4. The van der Waals surface area contributed by atoms with Gasteiger partial charge in [0.2, 0.25) is 0 Å². The molecule has 0 bridgehead atoms. The van der Waals surface area contributed by atoms with Gasteiger partial charge in [-0.2, -0.15) is 5.10 Å². The SMILES string of the molecule is CC1C[C@@H]1N(c1cc2nc(CC3CCNCC3)ccc2cn1)c1ccc(-n2cccn2)cc1F. The molecule has 6 nitrogen and oxygen atoms in total. The first-order valence-corrected chi connectivity index (χ1v) is 12.2. The minimum Gasteiger partial charge on any atom is -0.320 e. The van der Waals surface area contributed by atoms with E-state index in [1.807, 2.05) is 41.6 Å². The Hall–Kier alpha value is -3.32. The van der Waals surface area contributed by atoms with Gasteiger partial charge in [-0.1, -0.05) is 6.92 Å². The number of nitrogens with zero attached hydrogens (tertiary/aromatic N) is 5. The molecule has 3 aromatic heterocycles. The van der Waals surface area contributed by atoms with Crippen LogP contribution in [-0.4, -0.2) is 38.9 Å². The molecule has 2 aliphatic rings. The van der Waals surface area contributed by atoms with Crippen LogP contribution in [-0.2, 0) is 6.42 Å². The van der Waals surface area contributed by atoms with Crippen LogP contribution in [0.2, 0.25) is 0 Å². The van der Waals surface area contributed by atoms with E-state index < -0.39 is 0 Å². The molecule has 1 aromatic carbocycles. The maximum Gasteiger partial charge on any atom is 0.149 e. The van der Waals surface area contributed by atoms with Crippen molar-refractivity contribution in [3.63, 3.8) is 0 Å². The summed E-state index contributed by atoms with van der Waals surface area (Å²) in [6.45, 7) is 4.38. The lowest BCUT2D eigenvalue weighted by Gasteiger charge is -2.25. The van der Waals surface area contributed by atoms with Gasteiger partial charge in [0.1, 0.15) is 11.6 Å². The first kappa shape index (κ1) is 21.2. The molecule has 1 saturated heterocycles. The molecule has 1 saturated carbocycles. The predicted molar refractivity (Wildman–Crippen MR) is 132 cm³/mol. The first-order chi connectivity index (χ1) is 16.7. The van der Waals surface area contributed by atoms with Crippen LogP contribution in [0.1, 0.15) is 31.9 Å². The molecule has 174 valence electrons. The van der Waals surface area contributed by atoms with Gasteiger partial charge in [-0.25, -0.2) is 14.1 Å². The second-order valence-electron chi connectivity index (χ2n) is 9.67. The van der Waals surface area contributed by atoms with Crippen LogP contribution in [0, 0.1) is 17.7 Å². The number of benzene rings is 1. The standard InChI is InChI=1S/C27H29FN6/c1-18-13-26(18)34(25-6-5-22(15-23(25)28)33-12-2-9-31-33)27-16-24-20(17-30-27)3-4-21(32-24)14-19-7-10-29-11-8-19/h2-6,9,12,15-19,26,29H,7-8,10-11,13-14H2,1H3/t18?,26-/m0/s1. The molecule has 7 heteroatoms. The third-order valence-electron chi connectivity index (χ3n) is 7.18. The Morgan fingerprint density at radius 2 is 2.00 bits per heavy atom. The summed E-state index contributed by atoms with van der Waals surface area (Å²) >= 11 is 0. The Kier molecular flexibility index (Phi) is 5.49. The zero-order valence-corrected chi connectivity index (χ0v) is 19.4. The van der Waals surface area contributed by atoms with E-state index in [2.05, 4.69) is 29.5 Å². The van der Waals surface area contributed by atoms with Crippen LogP contribution in [0.5, 0.6) is 0 Å². The summed E-state index contributed by atoms with van der Waals surface area (Å²) in [5, 5.41) is 8.66. The fraction of sp³-hybridized carbons (Fsp3) is 0.370. The van der Waals surface area contributed by atoms with E-state index in [0.29, 0.717) is 23.2 Å². The first-order valence-electron chi connectivity index (χ1n) is 12.2. The van der Waals surface area contributed by atoms with E-state index in [4.69, 9.17) is 9.97 Å². The Morgan fingerprint density at radius 1 is 1.15 bits per heavy atom. The highest BCUT2D eigenvalue weighted by Crippen LogP contribution is 2.43. The summed E-state index contributed by atoms with van der Waals surface area (Å²) in [5.74, 6) is 1.64. The number of pyridine rings is 2. The van der Waals surface area contributed by atoms with Crippen LogP contribution in [0.25, 0.3) is 16.6 Å². The van der Waals surface area contributed by atoms with Gasteiger partial charge in [-0.05, 0) is 80.9 Å². The van der Waals surface area contributed by atoms with Crippen LogP contribution in [0.15, 0.2) is 61.1 Å². The zero-order chi connectivity index (χ0) is 23.1. The number of piperidine rings is 1. The van der Waals surface area contributed by atoms with Gasteiger partial charge < -0.3 is 10.2 Å². The molecule has 6 rings (SSSR count). The minimum atomic E-state index is -0.276. The fourth-order valence-corrected chi connectivity index (χ4v) is 5.06. The monoisotopic (exact) mass is 456 g/mol. The van der Waals surface area contributed by atoms with Crippen LogP contribution >= 0.6 is 0 Å². The minimum absolute atomic E-state index is 0.230. The molecule has 0 amide bonds. The summed E-state index contributed by atoms with van der Waals surface area (Å²) < 4.78 is 17.1. The topological polar surface area (TPSA) is 58.9 Å². The fourth-order valence-electron chi connectivity index (χ4n) is 5.06. The highest BCUT2D eigenvalue weighted by atomic mass is 19.1. The van der Waals surface area contributed by atoms with E-state index in [-0.39, 0.29) is 11.9 Å². The van der Waals surface area contributed by atoms with Crippen molar-refractivity contribution in [2.24, 2.45) is 11.8 Å². The Bertz CT molecular complexity index is 1300. The van der Waals surface area contributed by atoms with E-state index in [0.717, 1.165) is 48.3 Å². The van der Waals surface area contributed by atoms with Gasteiger partial charge >= 0.3 is 0 Å². The lowest BCUT2D eigenvalue weighted by molar-refractivity contribution is 0.370. The molecule has 2 fully saturated rings. The third kappa shape index (κ3) is 4.16. The number of fused-ring (bicyclic) bond motifs is 1. The molecule has 4 aromatic rings. The van der Waals surface area contributed by atoms with E-state index in [1.54, 1.807) is 16.9 Å². The van der Waals surface area contributed by atoms with Crippen molar-refractivity contribution in [3.8, 4) is 5.69 Å². The predicted octanol–water partition coefficient (Wildman–Crippen LogP) is 5.04. The molecule has 1 unspecified atom stereocenters. The summed E-state index contributed by atoms with van der Waals surface area (Å²) in [6, 6.07) is 13.6. The number of rotatable bonds is 6. The number of anilines is 2. The number of halogens is 1. The van der Waals surface area contributed by atoms with E-state index >= 15 is 4.39 Å². The number of hydrogen-bond acceptors (Lipinski definition) is 5. The van der Waals surface area contributed by atoms with Crippen molar-refractivity contribution in [1.82, 2.24) is 25.1 Å². The Labute approximate surface area is 198 Å². The second kappa shape index (κ2) is 8.80. The average molecular weight is 457 g/mol. The van der Waals surface area contributed by atoms with Crippen LogP contribution in [0.3, 0.4) is 0 Å². The summed E-state index contributed by atoms with van der Waals surface area (Å²) in [6.07, 6.45) is 9.78. The van der Waals surface area contributed by atoms with Gasteiger partial charge in [0, 0.05) is 47.8 Å². The molecular formula is C27H29FN6. The molecule has 0 radical (unpaired) electrons. The summed E-state index contributed by atoms with van der Waals surface area (Å²) in [5.41, 5.74) is 3.29. The Morgan fingerprint density at radius 3 is 2.74 bits per heavy atom. The maximum atomic E-state index is 15.4. The van der Waals surface area contributed by atoms with Crippen molar-refractivity contribution < 1.29 is 4.39 Å². The number of aromatic nitrogens is 4. The molecule has 34 heavy (non-hydrogen) atoms. The van der Waals surface area contributed by atoms with Gasteiger partial charge in [-0.15, -0.1) is 0 Å². The molecule has 2 atom stereocenters. The quantitative estimate of drug-likeness (QED) is 0.440. The largest absolute Gasteiger partial charge is 0.320 e. The van der Waals surface area contributed by atoms with Gasteiger partial charge in [-0.3, -0.25) is 4.98 Å². The van der Waals surface area contributed by atoms with E-state index in [9.17, 15) is 0 Å². The molecule has 4 heterocycles. The maximum absolute atomic E-state index is 15.4. The van der Waals surface area contributed by atoms with Crippen LogP contribution in [0.4, 0.5) is 15.9 Å². The van der Waals surface area contributed by atoms with Crippen molar-refractivity contribution in [1.29, 1.82) is 0 Å². The average Bonchev–Trinajstić information content (AvgIpc) is 3.31. The van der Waals surface area contributed by atoms with Crippen molar-refractivity contribution >= 4 is 22.4 Å². The Balaban J connectivity index is 1.34. The van der Waals surface area contributed by atoms with Crippen LogP contribution < -0.4 is 10.2 Å².